The monoisotopic (exact) mass is 424 g/mol. The van der Waals surface area contributed by atoms with Crippen LogP contribution in [-0.4, -0.2) is 22.7 Å². The fraction of sp³-hybridized carbons (Fsp3) is 0.364. The molecule has 8 heteroatoms. The molecule has 1 aromatic heterocycles. The molecule has 0 saturated carbocycles. The van der Waals surface area contributed by atoms with Crippen molar-refractivity contribution in [2.75, 3.05) is 10.3 Å². The minimum atomic E-state index is -0.365. The van der Waals surface area contributed by atoms with E-state index in [1.165, 1.54) is 16.3 Å². The largest absolute Gasteiger partial charge is 0.298 e. The third-order valence-electron chi connectivity index (χ3n) is 5.75. The molecule has 1 fully saturated rings. The number of hydrogen-bond acceptors (Lipinski definition) is 5. The highest BCUT2D eigenvalue weighted by Gasteiger charge is 2.42. The Bertz CT molecular complexity index is 1020. The standard InChI is InChI=1S/C22H24N4O3S/c1-3-13(2)18-12-30-22(23-18)24-19(27)14-7-6-8-15(11-14)26-21(29)17-10-5-4-9-16(17)20(28)25-26/h4-8,11-13,16-17H,3,9-10H2,1-2H3,(H,25,28)(H,23,24,27)/t13-,16+,17+/m1/s1. The lowest BCUT2D eigenvalue weighted by Crippen LogP contribution is -2.59. The first-order chi connectivity index (χ1) is 14.5. The minimum absolute atomic E-state index is 0.153. The highest BCUT2D eigenvalue weighted by molar-refractivity contribution is 7.14. The Morgan fingerprint density at radius 3 is 2.83 bits per heavy atom. The van der Waals surface area contributed by atoms with Crippen LogP contribution in [0.2, 0.25) is 0 Å². The topological polar surface area (TPSA) is 91.4 Å². The second kappa shape index (κ2) is 8.39. The van der Waals surface area contributed by atoms with Crippen LogP contribution in [0.25, 0.3) is 0 Å². The predicted octanol–water partition coefficient (Wildman–Crippen LogP) is 3.87. The third kappa shape index (κ3) is 3.87. The van der Waals surface area contributed by atoms with Crippen molar-refractivity contribution in [1.82, 2.24) is 10.4 Å². The fourth-order valence-electron chi connectivity index (χ4n) is 3.72. The average Bonchev–Trinajstić information content (AvgIpc) is 3.24. The maximum Gasteiger partial charge on any atom is 0.257 e. The van der Waals surface area contributed by atoms with Crippen molar-refractivity contribution in [1.29, 1.82) is 0 Å². The van der Waals surface area contributed by atoms with Crippen molar-refractivity contribution in [3.63, 3.8) is 0 Å². The molecule has 1 aliphatic heterocycles. The number of benzene rings is 1. The van der Waals surface area contributed by atoms with E-state index in [1.807, 2.05) is 17.5 Å². The highest BCUT2D eigenvalue weighted by atomic mass is 32.1. The molecule has 3 atom stereocenters. The van der Waals surface area contributed by atoms with Gasteiger partial charge in [0.05, 0.1) is 23.2 Å². The molecular weight excluding hydrogens is 400 g/mol. The van der Waals surface area contributed by atoms with E-state index in [1.54, 1.807) is 24.3 Å². The molecule has 3 amide bonds. The van der Waals surface area contributed by atoms with E-state index in [2.05, 4.69) is 29.6 Å². The van der Waals surface area contributed by atoms with Gasteiger partial charge in [-0.15, -0.1) is 11.3 Å². The van der Waals surface area contributed by atoms with Gasteiger partial charge in [-0.05, 0) is 43.4 Å². The molecule has 1 aliphatic carbocycles. The first-order valence-electron chi connectivity index (χ1n) is 10.1. The number of amides is 3. The first kappa shape index (κ1) is 20.3. The number of anilines is 2. The lowest BCUT2D eigenvalue weighted by atomic mass is 9.80. The van der Waals surface area contributed by atoms with Gasteiger partial charge in [-0.1, -0.05) is 32.1 Å². The van der Waals surface area contributed by atoms with Gasteiger partial charge < -0.3 is 0 Å². The molecule has 0 unspecified atom stereocenters. The molecule has 0 spiro atoms. The van der Waals surface area contributed by atoms with Crippen LogP contribution in [0, 0.1) is 11.8 Å². The summed E-state index contributed by atoms with van der Waals surface area (Å²) in [6.07, 6.45) is 5.99. The molecule has 30 heavy (non-hydrogen) atoms. The van der Waals surface area contributed by atoms with Crippen LogP contribution < -0.4 is 15.8 Å². The van der Waals surface area contributed by atoms with Gasteiger partial charge in [-0.3, -0.25) is 25.1 Å². The molecule has 2 heterocycles. The zero-order valence-electron chi connectivity index (χ0n) is 16.9. The van der Waals surface area contributed by atoms with Crippen molar-refractivity contribution in [3.8, 4) is 0 Å². The van der Waals surface area contributed by atoms with Crippen LogP contribution in [0.1, 0.15) is 55.1 Å². The maximum atomic E-state index is 12.9. The molecular formula is C22H24N4O3S. The van der Waals surface area contributed by atoms with Crippen molar-refractivity contribution < 1.29 is 14.4 Å². The number of nitrogens with one attached hydrogen (secondary N) is 2. The van der Waals surface area contributed by atoms with Crippen LogP contribution in [0.5, 0.6) is 0 Å². The molecule has 7 nitrogen and oxygen atoms in total. The van der Waals surface area contributed by atoms with E-state index in [9.17, 15) is 14.4 Å². The molecule has 0 bridgehead atoms. The summed E-state index contributed by atoms with van der Waals surface area (Å²) in [6, 6.07) is 6.68. The van der Waals surface area contributed by atoms with Crippen LogP contribution in [0.3, 0.4) is 0 Å². The van der Waals surface area contributed by atoms with Crippen LogP contribution in [-0.2, 0) is 9.59 Å². The predicted molar refractivity (Wildman–Crippen MR) is 116 cm³/mol. The number of thiazole rings is 1. The van der Waals surface area contributed by atoms with Crippen molar-refractivity contribution >= 4 is 39.9 Å². The Labute approximate surface area is 179 Å². The number of fused-ring (bicyclic) bond motifs is 1. The lowest BCUT2D eigenvalue weighted by molar-refractivity contribution is -0.139. The number of hydrogen-bond donors (Lipinski definition) is 2. The number of carbonyl (C=O) groups excluding carboxylic acids is 3. The second-order valence-electron chi connectivity index (χ2n) is 7.70. The van der Waals surface area contributed by atoms with E-state index in [0.717, 1.165) is 12.1 Å². The minimum Gasteiger partial charge on any atom is -0.298 e. The Kier molecular flexibility index (Phi) is 5.67. The summed E-state index contributed by atoms with van der Waals surface area (Å²) in [5.41, 5.74) is 4.51. The van der Waals surface area contributed by atoms with Gasteiger partial charge in [-0.2, -0.15) is 0 Å². The summed E-state index contributed by atoms with van der Waals surface area (Å²) in [6.45, 7) is 4.20. The Balaban J connectivity index is 1.51. The van der Waals surface area contributed by atoms with Crippen LogP contribution in [0.15, 0.2) is 41.8 Å². The number of aromatic nitrogens is 1. The second-order valence-corrected chi connectivity index (χ2v) is 8.55. The Morgan fingerprint density at radius 1 is 1.30 bits per heavy atom. The molecule has 1 aromatic carbocycles. The summed E-state index contributed by atoms with van der Waals surface area (Å²) in [5.74, 6) is -0.984. The smallest absolute Gasteiger partial charge is 0.257 e. The fourth-order valence-corrected chi connectivity index (χ4v) is 4.54. The number of carbonyl (C=O) groups is 3. The van der Waals surface area contributed by atoms with Gasteiger partial charge >= 0.3 is 0 Å². The van der Waals surface area contributed by atoms with Crippen molar-refractivity contribution in [3.05, 3.63) is 53.1 Å². The van der Waals surface area contributed by atoms with Gasteiger partial charge in [0.1, 0.15) is 0 Å². The summed E-state index contributed by atoms with van der Waals surface area (Å²) >= 11 is 1.39. The molecule has 4 rings (SSSR count). The molecule has 156 valence electrons. The molecule has 1 saturated heterocycles. The zero-order chi connectivity index (χ0) is 21.3. The average molecular weight is 425 g/mol. The Hall–Kier alpha value is -3.00. The normalized spacial score (nSPS) is 21.7. The van der Waals surface area contributed by atoms with Crippen molar-refractivity contribution in [2.24, 2.45) is 11.8 Å². The van der Waals surface area contributed by atoms with E-state index >= 15 is 0 Å². The summed E-state index contributed by atoms with van der Waals surface area (Å²) in [4.78, 5) is 42.6. The summed E-state index contributed by atoms with van der Waals surface area (Å²) in [7, 11) is 0. The molecule has 2 aromatic rings. The lowest BCUT2D eigenvalue weighted by Gasteiger charge is -2.38. The van der Waals surface area contributed by atoms with Crippen LogP contribution >= 0.6 is 11.3 Å². The number of nitrogens with zero attached hydrogens (tertiary/aromatic N) is 2. The van der Waals surface area contributed by atoms with Crippen molar-refractivity contribution in [2.45, 2.75) is 39.0 Å². The van der Waals surface area contributed by atoms with E-state index in [-0.39, 0.29) is 29.6 Å². The quantitative estimate of drug-likeness (QED) is 0.713. The van der Waals surface area contributed by atoms with E-state index < -0.39 is 0 Å². The van der Waals surface area contributed by atoms with Crippen LogP contribution in [0.4, 0.5) is 10.8 Å². The maximum absolute atomic E-state index is 12.9. The van der Waals surface area contributed by atoms with Gasteiger partial charge in [0.15, 0.2) is 5.13 Å². The SMILES string of the molecule is CC[C@@H](C)c1csc(NC(=O)c2cccc(N3NC(=O)[C@H]4CC=CC[C@@H]4C3=O)c2)n1. The molecule has 2 aliphatic rings. The number of hydrazine groups is 1. The van der Waals surface area contributed by atoms with Gasteiger partial charge in [0.2, 0.25) is 11.8 Å². The number of rotatable bonds is 5. The van der Waals surface area contributed by atoms with Gasteiger partial charge in [-0.25, -0.2) is 9.99 Å². The summed E-state index contributed by atoms with van der Waals surface area (Å²) < 4.78 is 0. The highest BCUT2D eigenvalue weighted by Crippen LogP contribution is 2.32. The zero-order valence-corrected chi connectivity index (χ0v) is 17.7. The third-order valence-corrected chi connectivity index (χ3v) is 6.53. The van der Waals surface area contributed by atoms with Gasteiger partial charge in [0.25, 0.3) is 5.91 Å². The Morgan fingerprint density at radius 2 is 2.07 bits per heavy atom. The van der Waals surface area contributed by atoms with E-state index in [0.29, 0.717) is 35.1 Å². The van der Waals surface area contributed by atoms with Gasteiger partial charge in [0, 0.05) is 10.9 Å². The molecule has 0 radical (unpaired) electrons. The molecule has 2 N–H and O–H groups in total. The first-order valence-corrected chi connectivity index (χ1v) is 11.0. The number of allylic oxidation sites excluding steroid dienone is 2. The van der Waals surface area contributed by atoms with E-state index in [4.69, 9.17) is 0 Å². The summed E-state index contributed by atoms with van der Waals surface area (Å²) in [5, 5.41) is 6.59.